The second-order valence-corrected chi connectivity index (χ2v) is 4.10. The normalized spacial score (nSPS) is 10.3. The lowest BCUT2D eigenvalue weighted by atomic mass is 10.1. The number of carboxylic acids is 1. The summed E-state index contributed by atoms with van der Waals surface area (Å²) in [4.78, 5) is 26.1. The number of carbonyl (C=O) groups is 2. The van der Waals surface area contributed by atoms with Crippen molar-refractivity contribution >= 4 is 28.5 Å². The molecule has 98 valence electrons. The molecule has 1 aromatic carbocycles. The number of rotatable bonds is 4. The predicted octanol–water partition coefficient (Wildman–Crippen LogP) is 0.560. The number of nitrogens with one attached hydrogen (secondary N) is 1. The Morgan fingerprint density at radius 3 is 2.79 bits per heavy atom. The lowest BCUT2D eigenvalue weighted by Crippen LogP contribution is -2.30. The summed E-state index contributed by atoms with van der Waals surface area (Å²) < 4.78 is 0. The van der Waals surface area contributed by atoms with Crippen LogP contribution < -0.4 is 11.1 Å². The van der Waals surface area contributed by atoms with Crippen molar-refractivity contribution in [3.05, 3.63) is 36.0 Å². The Morgan fingerprint density at radius 1 is 1.26 bits per heavy atom. The van der Waals surface area contributed by atoms with Crippen LogP contribution in [0.4, 0.5) is 5.69 Å². The van der Waals surface area contributed by atoms with Gasteiger partial charge in [0, 0.05) is 11.1 Å². The van der Waals surface area contributed by atoms with Gasteiger partial charge in [-0.3, -0.25) is 14.6 Å². The summed E-state index contributed by atoms with van der Waals surface area (Å²) in [5, 5.41) is 11.6. The van der Waals surface area contributed by atoms with Crippen molar-refractivity contribution in [2.24, 2.45) is 0 Å². The minimum absolute atomic E-state index is 0.0492. The van der Waals surface area contributed by atoms with E-state index in [9.17, 15) is 9.59 Å². The average Bonchev–Trinajstić information content (AvgIpc) is 2.36. The zero-order valence-corrected chi connectivity index (χ0v) is 10.1. The lowest BCUT2D eigenvalue weighted by Gasteiger charge is -2.04. The molecule has 0 radical (unpaired) electrons. The van der Waals surface area contributed by atoms with E-state index in [1.54, 1.807) is 24.3 Å². The number of anilines is 1. The Labute approximate surface area is 109 Å². The molecule has 0 aliphatic rings. The summed E-state index contributed by atoms with van der Waals surface area (Å²) in [5.41, 5.74) is 7.65. The van der Waals surface area contributed by atoms with Crippen LogP contribution in [0.1, 0.15) is 5.69 Å². The Kier molecular flexibility index (Phi) is 3.61. The van der Waals surface area contributed by atoms with E-state index in [0.29, 0.717) is 11.4 Å². The molecule has 0 bridgehead atoms. The average molecular weight is 259 g/mol. The van der Waals surface area contributed by atoms with Crippen LogP contribution in [0.15, 0.2) is 30.3 Å². The number of hydrogen-bond acceptors (Lipinski definition) is 4. The van der Waals surface area contributed by atoms with Crippen molar-refractivity contribution in [2.75, 3.05) is 12.3 Å². The molecule has 19 heavy (non-hydrogen) atoms. The standard InChI is InChI=1S/C13H13N3O3/c14-9-2-4-11-8(5-9)1-3-10(16-11)6-12(17)15-7-13(18)19/h1-5H,6-7,14H2,(H,15,17)(H,18,19). The minimum Gasteiger partial charge on any atom is -0.480 e. The molecule has 0 fully saturated rings. The van der Waals surface area contributed by atoms with Crippen molar-refractivity contribution in [2.45, 2.75) is 6.42 Å². The highest BCUT2D eigenvalue weighted by atomic mass is 16.4. The highest BCUT2D eigenvalue weighted by molar-refractivity contribution is 5.85. The van der Waals surface area contributed by atoms with Gasteiger partial charge in [-0.05, 0) is 24.3 Å². The van der Waals surface area contributed by atoms with E-state index in [1.807, 2.05) is 6.07 Å². The number of pyridine rings is 1. The maximum atomic E-state index is 11.5. The molecule has 1 amide bonds. The smallest absolute Gasteiger partial charge is 0.322 e. The number of amides is 1. The van der Waals surface area contributed by atoms with Gasteiger partial charge in [-0.25, -0.2) is 0 Å². The number of nitrogens with zero attached hydrogens (tertiary/aromatic N) is 1. The van der Waals surface area contributed by atoms with Crippen LogP contribution in [0.25, 0.3) is 10.9 Å². The molecular formula is C13H13N3O3. The van der Waals surface area contributed by atoms with Gasteiger partial charge in [0.2, 0.25) is 5.91 Å². The molecule has 6 heteroatoms. The van der Waals surface area contributed by atoms with Crippen molar-refractivity contribution in [1.29, 1.82) is 0 Å². The number of nitrogens with two attached hydrogens (primary N) is 1. The summed E-state index contributed by atoms with van der Waals surface area (Å²) in [6, 6.07) is 8.88. The molecule has 2 rings (SSSR count). The van der Waals surface area contributed by atoms with Gasteiger partial charge in [-0.1, -0.05) is 6.07 Å². The van der Waals surface area contributed by atoms with Crippen molar-refractivity contribution in [3.63, 3.8) is 0 Å². The van der Waals surface area contributed by atoms with E-state index in [2.05, 4.69) is 10.3 Å². The van der Waals surface area contributed by atoms with Gasteiger partial charge < -0.3 is 16.2 Å². The van der Waals surface area contributed by atoms with Crippen LogP contribution in [0.5, 0.6) is 0 Å². The zero-order valence-electron chi connectivity index (χ0n) is 10.1. The second kappa shape index (κ2) is 5.34. The van der Waals surface area contributed by atoms with Crippen molar-refractivity contribution < 1.29 is 14.7 Å². The molecule has 0 aliphatic heterocycles. The highest BCUT2D eigenvalue weighted by Gasteiger charge is 2.07. The fourth-order valence-electron chi connectivity index (χ4n) is 1.69. The number of benzene rings is 1. The van der Waals surface area contributed by atoms with Crippen molar-refractivity contribution in [1.82, 2.24) is 10.3 Å². The number of carboxylic acid groups (broad SMARTS) is 1. The Morgan fingerprint density at radius 2 is 2.05 bits per heavy atom. The van der Waals surface area contributed by atoms with E-state index in [4.69, 9.17) is 10.8 Å². The maximum Gasteiger partial charge on any atom is 0.322 e. The number of aromatic nitrogens is 1. The quantitative estimate of drug-likeness (QED) is 0.696. The molecule has 1 aromatic heterocycles. The molecule has 6 nitrogen and oxygen atoms in total. The number of fused-ring (bicyclic) bond motifs is 1. The van der Waals surface area contributed by atoms with E-state index in [-0.39, 0.29) is 18.9 Å². The predicted molar refractivity (Wildman–Crippen MR) is 70.5 cm³/mol. The monoisotopic (exact) mass is 259 g/mol. The summed E-state index contributed by atoms with van der Waals surface area (Å²) >= 11 is 0. The molecule has 0 atom stereocenters. The first kappa shape index (κ1) is 12.8. The van der Waals surface area contributed by atoms with Gasteiger partial charge in [0.1, 0.15) is 6.54 Å². The van der Waals surface area contributed by atoms with Gasteiger partial charge in [-0.15, -0.1) is 0 Å². The van der Waals surface area contributed by atoms with Gasteiger partial charge in [-0.2, -0.15) is 0 Å². The fraction of sp³-hybridized carbons (Fsp3) is 0.154. The molecule has 0 saturated carbocycles. The summed E-state index contributed by atoms with van der Waals surface area (Å²) in [6.07, 6.45) is 0.0492. The van der Waals surface area contributed by atoms with Gasteiger partial charge in [0.15, 0.2) is 0 Å². The highest BCUT2D eigenvalue weighted by Crippen LogP contribution is 2.16. The van der Waals surface area contributed by atoms with Crippen LogP contribution in [-0.4, -0.2) is 28.5 Å². The number of carbonyl (C=O) groups excluding carboxylic acids is 1. The SMILES string of the molecule is Nc1ccc2nc(CC(=O)NCC(=O)O)ccc2c1. The maximum absolute atomic E-state index is 11.5. The third-order valence-corrected chi connectivity index (χ3v) is 2.55. The first-order chi connectivity index (χ1) is 9.04. The molecule has 0 unspecified atom stereocenters. The Bertz CT molecular complexity index is 640. The molecule has 0 aliphatic carbocycles. The van der Waals surface area contributed by atoms with Crippen LogP contribution in [0.2, 0.25) is 0 Å². The third-order valence-electron chi connectivity index (χ3n) is 2.55. The molecule has 1 heterocycles. The van der Waals surface area contributed by atoms with E-state index in [0.717, 1.165) is 10.9 Å². The van der Waals surface area contributed by atoms with E-state index in [1.165, 1.54) is 0 Å². The number of hydrogen-bond donors (Lipinski definition) is 3. The van der Waals surface area contributed by atoms with E-state index < -0.39 is 5.97 Å². The summed E-state index contributed by atoms with van der Waals surface area (Å²) in [7, 11) is 0. The first-order valence-corrected chi connectivity index (χ1v) is 5.68. The largest absolute Gasteiger partial charge is 0.480 e. The fourth-order valence-corrected chi connectivity index (χ4v) is 1.69. The molecular weight excluding hydrogens is 246 g/mol. The van der Waals surface area contributed by atoms with Crippen LogP contribution in [0, 0.1) is 0 Å². The Hall–Kier alpha value is -2.63. The molecule has 4 N–H and O–H groups in total. The topological polar surface area (TPSA) is 105 Å². The third kappa shape index (κ3) is 3.41. The number of aliphatic carboxylic acids is 1. The van der Waals surface area contributed by atoms with Crippen LogP contribution in [0.3, 0.4) is 0 Å². The van der Waals surface area contributed by atoms with Gasteiger partial charge >= 0.3 is 5.97 Å². The first-order valence-electron chi connectivity index (χ1n) is 5.68. The summed E-state index contributed by atoms with van der Waals surface area (Å²) in [6.45, 7) is -0.386. The molecule has 0 spiro atoms. The van der Waals surface area contributed by atoms with Gasteiger partial charge in [0.05, 0.1) is 17.6 Å². The molecule has 0 saturated heterocycles. The summed E-state index contributed by atoms with van der Waals surface area (Å²) in [5.74, 6) is -1.44. The van der Waals surface area contributed by atoms with Gasteiger partial charge in [0.25, 0.3) is 0 Å². The van der Waals surface area contributed by atoms with Crippen LogP contribution >= 0.6 is 0 Å². The van der Waals surface area contributed by atoms with Crippen molar-refractivity contribution in [3.8, 4) is 0 Å². The minimum atomic E-state index is -1.07. The zero-order chi connectivity index (χ0) is 13.8. The lowest BCUT2D eigenvalue weighted by molar-refractivity contribution is -0.137. The van der Waals surface area contributed by atoms with Crippen LogP contribution in [-0.2, 0) is 16.0 Å². The number of nitrogen functional groups attached to an aromatic ring is 1. The molecule has 2 aromatic rings. The van der Waals surface area contributed by atoms with E-state index >= 15 is 0 Å². The Balaban J connectivity index is 2.11. The second-order valence-electron chi connectivity index (χ2n) is 4.10.